The van der Waals surface area contributed by atoms with E-state index in [4.69, 9.17) is 16.0 Å². The number of esters is 1. The molecule has 0 saturated heterocycles. The van der Waals surface area contributed by atoms with Crippen molar-refractivity contribution in [1.82, 2.24) is 0 Å². The van der Waals surface area contributed by atoms with E-state index < -0.39 is 0 Å². The van der Waals surface area contributed by atoms with Gasteiger partial charge in [-0.05, 0) is 30.7 Å². The third-order valence-electron chi connectivity index (χ3n) is 1.64. The van der Waals surface area contributed by atoms with Crippen LogP contribution in [0.3, 0.4) is 0 Å². The molecule has 0 N–H and O–H groups in total. The van der Waals surface area contributed by atoms with Crippen LogP contribution >= 0.6 is 23.4 Å². The fraction of sp³-hybridized carbons (Fsp3) is 0.444. The molecule has 1 atom stereocenters. The number of hydrogen-bond acceptors (Lipinski definition) is 4. The van der Waals surface area contributed by atoms with Gasteiger partial charge in [-0.25, -0.2) is 0 Å². The highest BCUT2D eigenvalue weighted by Gasteiger charge is 2.14. The molecule has 14 heavy (non-hydrogen) atoms. The van der Waals surface area contributed by atoms with Crippen LogP contribution in [-0.2, 0) is 15.3 Å². The predicted octanol–water partition coefficient (Wildman–Crippen LogP) is 2.73. The third-order valence-corrected chi connectivity index (χ3v) is 2.98. The Bertz CT molecular complexity index is 311. The van der Waals surface area contributed by atoms with Crippen LogP contribution in [0.1, 0.15) is 12.7 Å². The lowest BCUT2D eigenvalue weighted by Gasteiger charge is -2.06. The summed E-state index contributed by atoms with van der Waals surface area (Å²) in [7, 11) is 1.38. The number of halogens is 1. The average molecular weight is 235 g/mol. The number of carbonyl (C=O) groups excluding carboxylic acids is 1. The standard InChI is InChI=1S/C9H11ClO3S/c1-6(9(11)12-2)14-5-7-3-4-8(10)13-7/h3-4,6H,5H2,1-2H3. The molecule has 1 unspecified atom stereocenters. The van der Waals surface area contributed by atoms with Crippen molar-refractivity contribution >= 4 is 29.3 Å². The summed E-state index contributed by atoms with van der Waals surface area (Å²) in [5, 5.41) is 0.176. The zero-order chi connectivity index (χ0) is 10.6. The van der Waals surface area contributed by atoms with E-state index >= 15 is 0 Å². The van der Waals surface area contributed by atoms with E-state index in [2.05, 4.69) is 4.74 Å². The van der Waals surface area contributed by atoms with Crippen molar-refractivity contribution in [2.45, 2.75) is 17.9 Å². The highest BCUT2D eigenvalue weighted by Crippen LogP contribution is 2.21. The van der Waals surface area contributed by atoms with Crippen LogP contribution in [0.4, 0.5) is 0 Å². The Labute approximate surface area is 91.8 Å². The van der Waals surface area contributed by atoms with Crippen LogP contribution in [0.15, 0.2) is 16.5 Å². The van der Waals surface area contributed by atoms with Crippen molar-refractivity contribution in [1.29, 1.82) is 0 Å². The van der Waals surface area contributed by atoms with Crippen LogP contribution in [0.2, 0.25) is 5.22 Å². The Balaban J connectivity index is 2.37. The summed E-state index contributed by atoms with van der Waals surface area (Å²) >= 11 is 7.05. The lowest BCUT2D eigenvalue weighted by molar-refractivity contribution is -0.139. The van der Waals surface area contributed by atoms with Gasteiger partial charge in [0.25, 0.3) is 0 Å². The fourth-order valence-electron chi connectivity index (χ4n) is 0.870. The van der Waals surface area contributed by atoms with E-state index in [0.717, 1.165) is 5.76 Å². The first-order valence-corrected chi connectivity index (χ1v) is 5.50. The first kappa shape index (κ1) is 11.5. The highest BCUT2D eigenvalue weighted by molar-refractivity contribution is 7.99. The number of thioether (sulfide) groups is 1. The van der Waals surface area contributed by atoms with Crippen molar-refractivity contribution in [3.05, 3.63) is 23.1 Å². The summed E-state index contributed by atoms with van der Waals surface area (Å²) in [5.74, 6) is 1.15. The summed E-state index contributed by atoms with van der Waals surface area (Å²) in [6.45, 7) is 1.79. The van der Waals surface area contributed by atoms with Crippen molar-refractivity contribution in [2.75, 3.05) is 7.11 Å². The zero-order valence-corrected chi connectivity index (χ0v) is 9.52. The molecule has 0 fully saturated rings. The van der Waals surface area contributed by atoms with Gasteiger partial charge in [0, 0.05) is 0 Å². The van der Waals surface area contributed by atoms with E-state index in [1.807, 2.05) is 0 Å². The summed E-state index contributed by atoms with van der Waals surface area (Å²) in [5.41, 5.74) is 0. The molecule has 1 heterocycles. The molecule has 0 aliphatic heterocycles. The molecule has 1 aromatic heterocycles. The first-order valence-electron chi connectivity index (χ1n) is 4.07. The number of rotatable bonds is 4. The average Bonchev–Trinajstić information content (AvgIpc) is 2.59. The second-order valence-corrected chi connectivity index (χ2v) is 4.38. The molecule has 0 aliphatic rings. The smallest absolute Gasteiger partial charge is 0.318 e. The van der Waals surface area contributed by atoms with Gasteiger partial charge in [-0.1, -0.05) is 0 Å². The molecule has 0 amide bonds. The van der Waals surface area contributed by atoms with Gasteiger partial charge >= 0.3 is 5.97 Å². The molecule has 0 radical (unpaired) electrons. The van der Waals surface area contributed by atoms with E-state index in [9.17, 15) is 4.79 Å². The predicted molar refractivity (Wildman–Crippen MR) is 56.5 cm³/mol. The van der Waals surface area contributed by atoms with Gasteiger partial charge in [-0.2, -0.15) is 0 Å². The van der Waals surface area contributed by atoms with Gasteiger partial charge in [-0.3, -0.25) is 4.79 Å². The number of ether oxygens (including phenoxy) is 1. The van der Waals surface area contributed by atoms with Crippen molar-refractivity contribution in [3.8, 4) is 0 Å². The quantitative estimate of drug-likeness (QED) is 0.751. The lowest BCUT2D eigenvalue weighted by Crippen LogP contribution is -2.14. The van der Waals surface area contributed by atoms with Crippen molar-refractivity contribution in [3.63, 3.8) is 0 Å². The van der Waals surface area contributed by atoms with Crippen LogP contribution in [-0.4, -0.2) is 18.3 Å². The van der Waals surface area contributed by atoms with Gasteiger partial charge < -0.3 is 9.15 Å². The largest absolute Gasteiger partial charge is 0.468 e. The van der Waals surface area contributed by atoms with E-state index in [-0.39, 0.29) is 11.2 Å². The summed E-state index contributed by atoms with van der Waals surface area (Å²) in [4.78, 5) is 11.0. The Morgan fingerprint density at radius 3 is 2.93 bits per heavy atom. The molecule has 5 heteroatoms. The minimum Gasteiger partial charge on any atom is -0.468 e. The first-order chi connectivity index (χ1) is 6.63. The molecule has 1 aromatic rings. The number of carbonyl (C=O) groups is 1. The molecule has 0 aliphatic carbocycles. The van der Waals surface area contributed by atoms with E-state index in [1.54, 1.807) is 19.1 Å². The van der Waals surface area contributed by atoms with Crippen molar-refractivity contribution in [2.24, 2.45) is 0 Å². The van der Waals surface area contributed by atoms with Crippen LogP contribution < -0.4 is 0 Å². The third kappa shape index (κ3) is 3.27. The Hall–Kier alpha value is -0.610. The van der Waals surface area contributed by atoms with Gasteiger partial charge in [0.15, 0.2) is 5.22 Å². The van der Waals surface area contributed by atoms with Crippen LogP contribution in [0, 0.1) is 0 Å². The minimum atomic E-state index is -0.229. The second-order valence-electron chi connectivity index (χ2n) is 2.68. The molecule has 0 bridgehead atoms. The molecule has 0 saturated carbocycles. The summed E-state index contributed by atoms with van der Waals surface area (Å²) in [6.07, 6.45) is 0. The van der Waals surface area contributed by atoms with Crippen LogP contribution in [0.5, 0.6) is 0 Å². The van der Waals surface area contributed by atoms with Crippen LogP contribution in [0.25, 0.3) is 0 Å². The monoisotopic (exact) mass is 234 g/mol. The number of furan rings is 1. The molecule has 78 valence electrons. The maximum absolute atomic E-state index is 11.0. The highest BCUT2D eigenvalue weighted by atomic mass is 35.5. The number of hydrogen-bond donors (Lipinski definition) is 0. The normalized spacial score (nSPS) is 12.5. The molecular weight excluding hydrogens is 224 g/mol. The Morgan fingerprint density at radius 1 is 1.71 bits per heavy atom. The van der Waals surface area contributed by atoms with Gasteiger partial charge in [-0.15, -0.1) is 11.8 Å². The number of methoxy groups -OCH3 is 1. The van der Waals surface area contributed by atoms with Gasteiger partial charge in [0.05, 0.1) is 12.9 Å². The second kappa shape index (κ2) is 5.32. The van der Waals surface area contributed by atoms with Crippen molar-refractivity contribution < 1.29 is 13.9 Å². The topological polar surface area (TPSA) is 39.4 Å². The lowest BCUT2D eigenvalue weighted by atomic mass is 10.5. The SMILES string of the molecule is COC(=O)C(C)SCc1ccc(Cl)o1. The molecule has 3 nitrogen and oxygen atoms in total. The maximum atomic E-state index is 11.0. The summed E-state index contributed by atoms with van der Waals surface area (Å²) < 4.78 is 9.73. The summed E-state index contributed by atoms with van der Waals surface area (Å²) in [6, 6.07) is 3.47. The Morgan fingerprint density at radius 2 is 2.43 bits per heavy atom. The zero-order valence-electron chi connectivity index (χ0n) is 7.95. The van der Waals surface area contributed by atoms with E-state index in [1.165, 1.54) is 18.9 Å². The maximum Gasteiger partial charge on any atom is 0.318 e. The molecule has 0 aromatic carbocycles. The molecular formula is C9H11ClO3S. The molecule has 0 spiro atoms. The van der Waals surface area contributed by atoms with Gasteiger partial charge in [0.2, 0.25) is 0 Å². The minimum absolute atomic E-state index is 0.191. The molecule has 1 rings (SSSR count). The Kier molecular flexibility index (Phi) is 4.35. The fourth-order valence-corrected chi connectivity index (χ4v) is 1.83. The van der Waals surface area contributed by atoms with E-state index in [0.29, 0.717) is 11.0 Å². The van der Waals surface area contributed by atoms with Gasteiger partial charge in [0.1, 0.15) is 11.0 Å².